The number of rotatable bonds is 2. The fourth-order valence-electron chi connectivity index (χ4n) is 7.41. The SMILES string of the molecule is C1=CC2c3ccc4ccccc4c3N(c3cccc(-c4ccc5c6c4CCC=C6c4ccccc4-5)c3)C2N=C1. The highest BCUT2D eigenvalue weighted by molar-refractivity contribution is 6.05. The van der Waals surface area contributed by atoms with Crippen molar-refractivity contribution in [1.29, 1.82) is 0 Å². The van der Waals surface area contributed by atoms with Gasteiger partial charge in [-0.2, -0.15) is 0 Å². The molecule has 2 heterocycles. The zero-order valence-corrected chi connectivity index (χ0v) is 21.5. The Morgan fingerprint density at radius 2 is 1.62 bits per heavy atom. The van der Waals surface area contributed by atoms with Crippen LogP contribution in [0.4, 0.5) is 11.4 Å². The molecule has 0 spiro atoms. The Morgan fingerprint density at radius 3 is 2.59 bits per heavy atom. The van der Waals surface area contributed by atoms with Crippen LogP contribution in [-0.4, -0.2) is 12.4 Å². The van der Waals surface area contributed by atoms with Crippen LogP contribution < -0.4 is 4.90 Å². The maximum atomic E-state index is 5.00. The van der Waals surface area contributed by atoms with E-state index >= 15 is 0 Å². The van der Waals surface area contributed by atoms with Gasteiger partial charge in [0.1, 0.15) is 6.17 Å². The number of nitrogens with zero attached hydrogens (tertiary/aromatic N) is 2. The van der Waals surface area contributed by atoms with Crippen molar-refractivity contribution in [2.24, 2.45) is 4.99 Å². The van der Waals surface area contributed by atoms with E-state index in [-0.39, 0.29) is 12.1 Å². The van der Waals surface area contributed by atoms with Crippen LogP contribution in [-0.2, 0) is 6.42 Å². The van der Waals surface area contributed by atoms with Crippen molar-refractivity contribution < 1.29 is 0 Å². The predicted molar refractivity (Wildman–Crippen MR) is 163 cm³/mol. The molecule has 2 atom stereocenters. The van der Waals surface area contributed by atoms with Gasteiger partial charge in [0.05, 0.1) is 5.69 Å². The molecule has 5 aromatic rings. The standard InChI is InChI=1S/C37H26N2/c1-2-11-27-23(8-1)17-18-33-34-16-7-21-38-37(34)39(36(27)33)25-10-5-9-24(22-25)26-19-20-32-29-13-4-3-12-28(29)31-15-6-14-30(26)35(31)32/h1-5,7-13,15-22,34,37H,6,14H2. The summed E-state index contributed by atoms with van der Waals surface area (Å²) in [5.74, 6) is 0.255. The van der Waals surface area contributed by atoms with Crippen LogP contribution in [0.25, 0.3) is 38.6 Å². The minimum Gasteiger partial charge on any atom is -0.317 e. The molecule has 0 aromatic heterocycles. The van der Waals surface area contributed by atoms with Gasteiger partial charge in [-0.25, -0.2) is 0 Å². The first-order chi connectivity index (χ1) is 19.4. The molecule has 184 valence electrons. The molecule has 39 heavy (non-hydrogen) atoms. The predicted octanol–water partition coefficient (Wildman–Crippen LogP) is 9.07. The third-order valence-corrected chi connectivity index (χ3v) is 9.03. The molecule has 0 radical (unpaired) electrons. The van der Waals surface area contributed by atoms with E-state index in [9.17, 15) is 0 Å². The lowest BCUT2D eigenvalue weighted by atomic mass is 9.84. The molecule has 2 heteroatoms. The Morgan fingerprint density at radius 1 is 0.744 bits per heavy atom. The van der Waals surface area contributed by atoms with Gasteiger partial charge >= 0.3 is 0 Å². The minimum atomic E-state index is 0.0356. The maximum Gasteiger partial charge on any atom is 0.135 e. The molecule has 2 aliphatic carbocycles. The molecule has 5 aromatic carbocycles. The van der Waals surface area contributed by atoms with Crippen molar-refractivity contribution >= 4 is 33.9 Å². The second kappa shape index (κ2) is 7.91. The lowest BCUT2D eigenvalue weighted by Gasteiger charge is -2.29. The molecule has 0 fully saturated rings. The largest absolute Gasteiger partial charge is 0.317 e. The summed E-state index contributed by atoms with van der Waals surface area (Å²) in [6.45, 7) is 0. The van der Waals surface area contributed by atoms with Crippen LogP contribution >= 0.6 is 0 Å². The second-order valence-corrected chi connectivity index (χ2v) is 11.0. The molecule has 0 bridgehead atoms. The first-order valence-corrected chi connectivity index (χ1v) is 13.9. The molecule has 0 N–H and O–H groups in total. The van der Waals surface area contributed by atoms with Crippen molar-refractivity contribution in [3.63, 3.8) is 0 Å². The number of aliphatic imine (C=N–C) groups is 1. The number of allylic oxidation sites excluding steroid dienone is 2. The monoisotopic (exact) mass is 498 g/mol. The van der Waals surface area contributed by atoms with Gasteiger partial charge in [-0.1, -0.05) is 97.1 Å². The molecular formula is C37H26N2. The van der Waals surface area contributed by atoms with Gasteiger partial charge in [-0.3, -0.25) is 4.99 Å². The summed E-state index contributed by atoms with van der Waals surface area (Å²) in [7, 11) is 0. The van der Waals surface area contributed by atoms with E-state index in [1.54, 1.807) is 0 Å². The van der Waals surface area contributed by atoms with Crippen molar-refractivity contribution in [1.82, 2.24) is 0 Å². The first kappa shape index (κ1) is 21.3. The van der Waals surface area contributed by atoms with Gasteiger partial charge in [-0.05, 0) is 86.5 Å². The average Bonchev–Trinajstić information content (AvgIpc) is 3.52. The topological polar surface area (TPSA) is 15.6 Å². The van der Waals surface area contributed by atoms with Crippen molar-refractivity contribution in [2.75, 3.05) is 4.90 Å². The van der Waals surface area contributed by atoms with Gasteiger partial charge < -0.3 is 4.90 Å². The molecule has 4 aliphatic rings. The summed E-state index contributed by atoms with van der Waals surface area (Å²) < 4.78 is 0. The van der Waals surface area contributed by atoms with Gasteiger partial charge in [0.25, 0.3) is 0 Å². The summed E-state index contributed by atoms with van der Waals surface area (Å²) in [6.07, 6.45) is 11.0. The Kier molecular flexibility index (Phi) is 4.31. The van der Waals surface area contributed by atoms with E-state index in [0.29, 0.717) is 0 Å². The Hall–Kier alpha value is -4.69. The minimum absolute atomic E-state index is 0.0356. The number of hydrogen-bond acceptors (Lipinski definition) is 2. The quantitative estimate of drug-likeness (QED) is 0.232. The zero-order chi connectivity index (χ0) is 25.5. The lowest BCUT2D eigenvalue weighted by Crippen LogP contribution is -2.29. The third kappa shape index (κ3) is 2.89. The van der Waals surface area contributed by atoms with E-state index in [1.165, 1.54) is 72.2 Å². The van der Waals surface area contributed by atoms with E-state index in [4.69, 9.17) is 4.99 Å². The number of anilines is 2. The molecule has 2 unspecified atom stereocenters. The molecule has 0 amide bonds. The second-order valence-electron chi connectivity index (χ2n) is 11.0. The summed E-state index contributed by atoms with van der Waals surface area (Å²) >= 11 is 0. The van der Waals surface area contributed by atoms with Gasteiger partial charge in [0.15, 0.2) is 0 Å². The Bertz CT molecular complexity index is 1940. The number of fused-ring (bicyclic) bond motifs is 8. The fraction of sp³-hybridized carbons (Fsp3) is 0.108. The lowest BCUT2D eigenvalue weighted by molar-refractivity contribution is 0.659. The first-order valence-electron chi connectivity index (χ1n) is 13.9. The number of dihydropyridines is 1. The summed E-state index contributed by atoms with van der Waals surface area (Å²) in [6, 6.07) is 36.0. The van der Waals surface area contributed by atoms with Crippen molar-refractivity contribution in [2.45, 2.75) is 24.9 Å². The van der Waals surface area contributed by atoms with Gasteiger partial charge in [-0.15, -0.1) is 0 Å². The highest BCUT2D eigenvalue weighted by atomic mass is 15.3. The van der Waals surface area contributed by atoms with Crippen LogP contribution in [0.2, 0.25) is 0 Å². The Labute approximate surface area is 228 Å². The highest BCUT2D eigenvalue weighted by Crippen LogP contribution is 2.52. The maximum absolute atomic E-state index is 5.00. The van der Waals surface area contributed by atoms with Crippen molar-refractivity contribution in [3.8, 4) is 22.3 Å². The van der Waals surface area contributed by atoms with Gasteiger partial charge in [0.2, 0.25) is 0 Å². The number of benzene rings is 5. The summed E-state index contributed by atoms with van der Waals surface area (Å²) in [4.78, 5) is 7.48. The van der Waals surface area contributed by atoms with E-state index in [0.717, 1.165) is 12.8 Å². The van der Waals surface area contributed by atoms with Crippen LogP contribution in [0.5, 0.6) is 0 Å². The molecular weight excluding hydrogens is 472 g/mol. The molecule has 0 saturated heterocycles. The summed E-state index contributed by atoms with van der Waals surface area (Å²) in [5.41, 5.74) is 15.0. The van der Waals surface area contributed by atoms with Gasteiger partial charge in [0, 0.05) is 23.2 Å². The van der Waals surface area contributed by atoms with E-state index in [2.05, 4.69) is 120 Å². The molecule has 2 nitrogen and oxygen atoms in total. The third-order valence-electron chi connectivity index (χ3n) is 9.03. The van der Waals surface area contributed by atoms with Crippen LogP contribution in [0.3, 0.4) is 0 Å². The van der Waals surface area contributed by atoms with E-state index in [1.807, 2.05) is 6.21 Å². The normalized spacial score (nSPS) is 19.5. The fourth-order valence-corrected chi connectivity index (χ4v) is 7.41. The van der Waals surface area contributed by atoms with Crippen LogP contribution in [0.1, 0.15) is 34.6 Å². The molecule has 9 rings (SSSR count). The van der Waals surface area contributed by atoms with Crippen LogP contribution in [0.15, 0.2) is 120 Å². The molecule has 2 aliphatic heterocycles. The smallest absolute Gasteiger partial charge is 0.135 e. The van der Waals surface area contributed by atoms with Crippen LogP contribution in [0, 0.1) is 0 Å². The number of hydrogen-bond donors (Lipinski definition) is 0. The average molecular weight is 499 g/mol. The Balaban J connectivity index is 1.22. The van der Waals surface area contributed by atoms with Crippen molar-refractivity contribution in [3.05, 3.63) is 138 Å². The summed E-state index contributed by atoms with van der Waals surface area (Å²) in [5, 5.41) is 2.56. The van der Waals surface area contributed by atoms with E-state index < -0.39 is 0 Å². The highest BCUT2D eigenvalue weighted by Gasteiger charge is 2.39. The molecule has 0 saturated carbocycles. The zero-order valence-electron chi connectivity index (χ0n) is 21.5.